The van der Waals surface area contributed by atoms with Gasteiger partial charge in [0.2, 0.25) is 5.88 Å². The molecule has 0 aliphatic carbocycles. The lowest BCUT2D eigenvalue weighted by Crippen LogP contribution is -2.26. The van der Waals surface area contributed by atoms with Gasteiger partial charge in [-0.1, -0.05) is 49.1 Å². The van der Waals surface area contributed by atoms with Crippen LogP contribution in [0.4, 0.5) is 0 Å². The molecule has 28 heavy (non-hydrogen) atoms. The Balaban J connectivity index is 1.49. The summed E-state index contributed by atoms with van der Waals surface area (Å²) in [6, 6.07) is 10.8. The van der Waals surface area contributed by atoms with Crippen molar-refractivity contribution in [3.63, 3.8) is 0 Å². The number of allylic oxidation sites excluding steroid dienone is 3. The van der Waals surface area contributed by atoms with E-state index in [0.29, 0.717) is 12.5 Å². The first kappa shape index (κ1) is 20.0. The quantitative estimate of drug-likeness (QED) is 0.644. The minimum absolute atomic E-state index is 0.408. The van der Waals surface area contributed by atoms with Crippen molar-refractivity contribution in [3.8, 4) is 5.88 Å². The molecule has 0 radical (unpaired) electrons. The normalized spacial score (nSPS) is 14.5. The van der Waals surface area contributed by atoms with E-state index in [0.717, 1.165) is 43.6 Å². The molecule has 1 aromatic carbocycles. The van der Waals surface area contributed by atoms with Crippen LogP contribution in [-0.4, -0.2) is 35.3 Å². The summed E-state index contributed by atoms with van der Waals surface area (Å²) in [5.74, 6) is 0.529. The standard InChI is InChI=1S/C24H29N3O/c1-4-5-6-7-19(2)18-28-24-13-12-23(25-26-24)11-9-20-8-10-21-14-15-27(3)17-22(21)16-20/h4-8,10,12-13,16H,2,9,11,14-15,17-18H2,1,3H3/b5-4-,7-6-. The van der Waals surface area contributed by atoms with Gasteiger partial charge in [0.05, 0.1) is 5.69 Å². The van der Waals surface area contributed by atoms with Crippen LogP contribution in [-0.2, 0) is 25.8 Å². The summed E-state index contributed by atoms with van der Waals surface area (Å²) in [5.41, 5.74) is 6.19. The Labute approximate surface area is 168 Å². The van der Waals surface area contributed by atoms with E-state index in [-0.39, 0.29) is 0 Å². The van der Waals surface area contributed by atoms with Crippen LogP contribution >= 0.6 is 0 Å². The molecular weight excluding hydrogens is 346 g/mol. The summed E-state index contributed by atoms with van der Waals surface area (Å²) in [4.78, 5) is 2.38. The van der Waals surface area contributed by atoms with Crippen LogP contribution in [0.25, 0.3) is 0 Å². The highest BCUT2D eigenvalue weighted by molar-refractivity contribution is 5.34. The maximum Gasteiger partial charge on any atom is 0.233 e. The van der Waals surface area contributed by atoms with Crippen molar-refractivity contribution in [1.82, 2.24) is 15.1 Å². The van der Waals surface area contributed by atoms with E-state index < -0.39 is 0 Å². The van der Waals surface area contributed by atoms with Gasteiger partial charge in [-0.25, -0.2) is 0 Å². The average molecular weight is 376 g/mol. The molecule has 0 bridgehead atoms. The number of aryl methyl sites for hydroxylation is 2. The maximum atomic E-state index is 5.64. The van der Waals surface area contributed by atoms with E-state index in [1.165, 1.54) is 16.7 Å². The van der Waals surface area contributed by atoms with Gasteiger partial charge < -0.3 is 9.64 Å². The number of hydrogen-bond donors (Lipinski definition) is 0. The number of aromatic nitrogens is 2. The lowest BCUT2D eigenvalue weighted by molar-refractivity contribution is 0.313. The number of ether oxygens (including phenoxy) is 1. The van der Waals surface area contributed by atoms with Gasteiger partial charge in [-0.05, 0) is 61.6 Å². The van der Waals surface area contributed by atoms with Crippen LogP contribution < -0.4 is 4.74 Å². The minimum atomic E-state index is 0.408. The minimum Gasteiger partial charge on any atom is -0.472 e. The summed E-state index contributed by atoms with van der Waals surface area (Å²) >= 11 is 0. The number of rotatable bonds is 8. The summed E-state index contributed by atoms with van der Waals surface area (Å²) in [5, 5.41) is 8.49. The lowest BCUT2D eigenvalue weighted by atomic mass is 9.96. The molecule has 4 nitrogen and oxygen atoms in total. The van der Waals surface area contributed by atoms with Gasteiger partial charge in [-0.15, -0.1) is 5.10 Å². The van der Waals surface area contributed by atoms with Gasteiger partial charge in [-0.3, -0.25) is 0 Å². The highest BCUT2D eigenvalue weighted by Crippen LogP contribution is 2.20. The Morgan fingerprint density at radius 2 is 2.04 bits per heavy atom. The smallest absolute Gasteiger partial charge is 0.233 e. The van der Waals surface area contributed by atoms with Gasteiger partial charge in [0.15, 0.2) is 0 Å². The molecule has 2 aromatic rings. The topological polar surface area (TPSA) is 38.2 Å². The van der Waals surface area contributed by atoms with E-state index in [1.807, 2.05) is 43.4 Å². The molecule has 146 valence electrons. The van der Waals surface area contributed by atoms with Crippen LogP contribution in [0.1, 0.15) is 29.3 Å². The molecule has 0 unspecified atom stereocenters. The maximum absolute atomic E-state index is 5.64. The van der Waals surface area contributed by atoms with Crippen molar-refractivity contribution in [2.75, 3.05) is 20.2 Å². The van der Waals surface area contributed by atoms with Crippen molar-refractivity contribution >= 4 is 0 Å². The molecule has 0 N–H and O–H groups in total. The molecule has 0 fully saturated rings. The average Bonchev–Trinajstić information content (AvgIpc) is 2.71. The second-order valence-electron chi connectivity index (χ2n) is 7.29. The van der Waals surface area contributed by atoms with E-state index in [1.54, 1.807) is 0 Å². The van der Waals surface area contributed by atoms with Crippen molar-refractivity contribution < 1.29 is 4.74 Å². The predicted molar refractivity (Wildman–Crippen MR) is 115 cm³/mol. The lowest BCUT2D eigenvalue weighted by Gasteiger charge is -2.25. The zero-order valence-corrected chi connectivity index (χ0v) is 16.9. The second kappa shape index (κ2) is 10.00. The van der Waals surface area contributed by atoms with E-state index >= 15 is 0 Å². The zero-order chi connectivity index (χ0) is 19.8. The summed E-state index contributed by atoms with van der Waals surface area (Å²) in [6.45, 7) is 8.54. The summed E-state index contributed by atoms with van der Waals surface area (Å²) < 4.78 is 5.64. The molecule has 0 atom stereocenters. The van der Waals surface area contributed by atoms with Crippen LogP contribution in [0.2, 0.25) is 0 Å². The van der Waals surface area contributed by atoms with Crippen LogP contribution in [0, 0.1) is 0 Å². The first-order valence-corrected chi connectivity index (χ1v) is 9.86. The molecule has 1 aliphatic rings. The Morgan fingerprint density at radius 3 is 2.82 bits per heavy atom. The van der Waals surface area contributed by atoms with Gasteiger partial charge in [0, 0.05) is 19.2 Å². The fourth-order valence-corrected chi connectivity index (χ4v) is 3.25. The number of nitrogens with zero attached hydrogens (tertiary/aromatic N) is 3. The monoisotopic (exact) mass is 375 g/mol. The number of likely N-dealkylation sites (N-methyl/N-ethyl adjacent to an activating group) is 1. The molecule has 0 amide bonds. The Hall–Kier alpha value is -2.72. The SMILES string of the molecule is C=C(/C=C\C=C/C)COc1ccc(CCc2ccc3c(c2)CN(C)CC3)nn1. The van der Waals surface area contributed by atoms with Gasteiger partial charge >= 0.3 is 0 Å². The third kappa shape index (κ3) is 5.89. The largest absolute Gasteiger partial charge is 0.472 e. The number of hydrogen-bond acceptors (Lipinski definition) is 4. The Bertz CT molecular complexity index is 853. The van der Waals surface area contributed by atoms with Crippen molar-refractivity contribution in [2.45, 2.75) is 32.7 Å². The van der Waals surface area contributed by atoms with Crippen LogP contribution in [0.5, 0.6) is 5.88 Å². The fraction of sp³-hybridized carbons (Fsp3) is 0.333. The highest BCUT2D eigenvalue weighted by atomic mass is 16.5. The summed E-state index contributed by atoms with van der Waals surface area (Å²) in [6.07, 6.45) is 10.8. The molecule has 0 spiro atoms. The van der Waals surface area contributed by atoms with E-state index in [4.69, 9.17) is 4.74 Å². The van der Waals surface area contributed by atoms with Crippen molar-refractivity contribution in [1.29, 1.82) is 0 Å². The zero-order valence-electron chi connectivity index (χ0n) is 16.9. The summed E-state index contributed by atoms with van der Waals surface area (Å²) in [7, 11) is 2.18. The highest BCUT2D eigenvalue weighted by Gasteiger charge is 2.13. The fourth-order valence-electron chi connectivity index (χ4n) is 3.25. The molecule has 2 heterocycles. The van der Waals surface area contributed by atoms with Crippen molar-refractivity contribution in [2.24, 2.45) is 0 Å². The predicted octanol–water partition coefficient (Wildman–Crippen LogP) is 4.32. The van der Waals surface area contributed by atoms with Crippen LogP contribution in [0.15, 0.2) is 66.8 Å². The number of benzene rings is 1. The first-order valence-electron chi connectivity index (χ1n) is 9.86. The molecule has 3 rings (SSSR count). The molecule has 1 aliphatic heterocycles. The van der Waals surface area contributed by atoms with Gasteiger partial charge in [0.1, 0.15) is 6.61 Å². The second-order valence-corrected chi connectivity index (χ2v) is 7.29. The van der Waals surface area contributed by atoms with E-state index in [9.17, 15) is 0 Å². The molecule has 0 saturated carbocycles. The van der Waals surface area contributed by atoms with Gasteiger partial charge in [0.25, 0.3) is 0 Å². The molecule has 1 aromatic heterocycles. The van der Waals surface area contributed by atoms with Crippen molar-refractivity contribution in [3.05, 3.63) is 89.2 Å². The third-order valence-electron chi connectivity index (χ3n) is 4.88. The van der Waals surface area contributed by atoms with Gasteiger partial charge in [-0.2, -0.15) is 5.10 Å². The molecule has 4 heteroatoms. The molecule has 0 saturated heterocycles. The Kier molecular flexibility index (Phi) is 7.15. The first-order chi connectivity index (χ1) is 13.6. The third-order valence-corrected chi connectivity index (χ3v) is 4.88. The Morgan fingerprint density at radius 1 is 1.14 bits per heavy atom. The number of fused-ring (bicyclic) bond motifs is 1. The van der Waals surface area contributed by atoms with Crippen LogP contribution in [0.3, 0.4) is 0 Å². The molecular formula is C24H29N3O. The van der Waals surface area contributed by atoms with E-state index in [2.05, 4.69) is 46.9 Å².